The Morgan fingerprint density at radius 2 is 2.00 bits per heavy atom. The first kappa shape index (κ1) is 20.5. The molecule has 152 valence electrons. The maximum atomic E-state index is 12.6. The average molecular weight is 393 g/mol. The number of ether oxygens (including phenoxy) is 1. The van der Waals surface area contributed by atoms with Gasteiger partial charge in [-0.3, -0.25) is 9.48 Å². The molecule has 29 heavy (non-hydrogen) atoms. The van der Waals surface area contributed by atoms with Crippen LogP contribution >= 0.6 is 0 Å². The Kier molecular flexibility index (Phi) is 6.29. The van der Waals surface area contributed by atoms with Crippen LogP contribution in [0, 0.1) is 13.8 Å². The minimum atomic E-state index is -0.276. The highest BCUT2D eigenvalue weighted by Gasteiger charge is 2.14. The molecule has 0 aliphatic rings. The zero-order chi connectivity index (χ0) is 21.0. The summed E-state index contributed by atoms with van der Waals surface area (Å²) in [4.78, 5) is 16.8. The number of carbonyl (C=O) groups is 1. The molecule has 0 aliphatic carbocycles. The van der Waals surface area contributed by atoms with Gasteiger partial charge >= 0.3 is 0 Å². The summed E-state index contributed by atoms with van der Waals surface area (Å²) in [7, 11) is 1.83. The maximum Gasteiger partial charge on any atom is 0.255 e. The molecule has 0 fully saturated rings. The summed E-state index contributed by atoms with van der Waals surface area (Å²) < 4.78 is 7.56. The Hall–Kier alpha value is -3.19. The van der Waals surface area contributed by atoms with E-state index in [9.17, 15) is 4.79 Å². The van der Waals surface area contributed by atoms with Gasteiger partial charge in [-0.25, -0.2) is 4.98 Å². The number of rotatable bonds is 7. The van der Waals surface area contributed by atoms with Crippen LogP contribution in [0.3, 0.4) is 0 Å². The lowest BCUT2D eigenvalue weighted by atomic mass is 10.1. The molecule has 3 rings (SSSR count). The fourth-order valence-electron chi connectivity index (χ4n) is 2.91. The highest BCUT2D eigenvalue weighted by atomic mass is 16.5. The van der Waals surface area contributed by atoms with Gasteiger partial charge in [0.25, 0.3) is 5.91 Å². The number of benzene rings is 1. The SMILES string of the molecule is Cc1ccc(CO[C@@H](C)CNC(=O)c2cc(-c3cnn(C)c3)cnc2N)cc1C. The molecule has 0 radical (unpaired) electrons. The summed E-state index contributed by atoms with van der Waals surface area (Å²) >= 11 is 0. The topological polar surface area (TPSA) is 95.1 Å². The van der Waals surface area contributed by atoms with Crippen molar-refractivity contribution in [2.24, 2.45) is 7.05 Å². The third-order valence-corrected chi connectivity index (χ3v) is 4.86. The first-order chi connectivity index (χ1) is 13.8. The third-order valence-electron chi connectivity index (χ3n) is 4.86. The molecule has 1 aromatic carbocycles. The minimum Gasteiger partial charge on any atom is -0.383 e. The lowest BCUT2D eigenvalue weighted by Crippen LogP contribution is -2.32. The first-order valence-corrected chi connectivity index (χ1v) is 9.54. The van der Waals surface area contributed by atoms with Gasteiger partial charge in [-0.15, -0.1) is 0 Å². The number of aryl methyl sites for hydroxylation is 3. The summed E-state index contributed by atoms with van der Waals surface area (Å²) in [5.74, 6) is -0.0822. The molecule has 1 atom stereocenters. The zero-order valence-corrected chi connectivity index (χ0v) is 17.3. The lowest BCUT2D eigenvalue weighted by molar-refractivity contribution is 0.0509. The molecule has 0 spiro atoms. The molecule has 1 amide bonds. The Morgan fingerprint density at radius 3 is 2.69 bits per heavy atom. The van der Waals surface area contributed by atoms with Crippen LogP contribution in [0.15, 0.2) is 42.9 Å². The molecule has 2 heterocycles. The van der Waals surface area contributed by atoms with Crippen LogP contribution in [0.2, 0.25) is 0 Å². The van der Waals surface area contributed by atoms with Gasteiger partial charge in [0.05, 0.1) is 24.5 Å². The van der Waals surface area contributed by atoms with Crippen LogP contribution in [0.1, 0.15) is 34.0 Å². The van der Waals surface area contributed by atoms with Crippen molar-refractivity contribution in [1.29, 1.82) is 0 Å². The number of nitrogens with zero attached hydrogens (tertiary/aromatic N) is 3. The summed E-state index contributed by atoms with van der Waals surface area (Å²) in [5.41, 5.74) is 11.5. The second kappa shape index (κ2) is 8.87. The zero-order valence-electron chi connectivity index (χ0n) is 17.3. The van der Waals surface area contributed by atoms with E-state index < -0.39 is 0 Å². The second-order valence-corrected chi connectivity index (χ2v) is 7.31. The Balaban J connectivity index is 1.57. The summed E-state index contributed by atoms with van der Waals surface area (Å²) in [5, 5.41) is 7.02. The average Bonchev–Trinajstić information content (AvgIpc) is 3.13. The molecule has 7 heteroatoms. The van der Waals surface area contributed by atoms with Crippen molar-refractivity contribution in [2.45, 2.75) is 33.5 Å². The van der Waals surface area contributed by atoms with Gasteiger partial charge in [-0.05, 0) is 43.5 Å². The van der Waals surface area contributed by atoms with Crippen LogP contribution in [-0.2, 0) is 18.4 Å². The van der Waals surface area contributed by atoms with E-state index in [2.05, 4.69) is 47.4 Å². The molecule has 0 bridgehead atoms. The van der Waals surface area contributed by atoms with Gasteiger partial charge < -0.3 is 15.8 Å². The minimum absolute atomic E-state index is 0.142. The molecule has 0 aliphatic heterocycles. The molecule has 0 unspecified atom stereocenters. The summed E-state index contributed by atoms with van der Waals surface area (Å²) in [6, 6.07) is 8.00. The fourth-order valence-corrected chi connectivity index (χ4v) is 2.91. The molecule has 2 aromatic heterocycles. The van der Waals surface area contributed by atoms with Crippen molar-refractivity contribution in [3.05, 3.63) is 65.1 Å². The van der Waals surface area contributed by atoms with E-state index in [1.54, 1.807) is 23.1 Å². The lowest BCUT2D eigenvalue weighted by Gasteiger charge is -2.15. The third kappa shape index (κ3) is 5.20. The van der Waals surface area contributed by atoms with Crippen LogP contribution in [0.25, 0.3) is 11.1 Å². The molecule has 3 N–H and O–H groups in total. The highest BCUT2D eigenvalue weighted by Crippen LogP contribution is 2.21. The standard InChI is InChI=1S/C22H27N5O2/c1-14-5-6-17(7-15(14)2)13-29-16(3)9-25-22(28)20-8-18(10-24-21(20)23)19-11-26-27(4)12-19/h5-8,10-12,16H,9,13H2,1-4H3,(H2,23,24)(H,25,28)/t16-/m0/s1. The normalized spacial score (nSPS) is 12.0. The number of hydrogen-bond acceptors (Lipinski definition) is 5. The number of amides is 1. The number of pyridine rings is 1. The van der Waals surface area contributed by atoms with Crippen LogP contribution in [0.5, 0.6) is 0 Å². The van der Waals surface area contributed by atoms with E-state index in [1.807, 2.05) is 20.2 Å². The van der Waals surface area contributed by atoms with E-state index in [0.717, 1.165) is 16.7 Å². The van der Waals surface area contributed by atoms with Crippen LogP contribution in [0.4, 0.5) is 5.82 Å². The molecular weight excluding hydrogens is 366 g/mol. The van der Waals surface area contributed by atoms with E-state index in [1.165, 1.54) is 11.1 Å². The van der Waals surface area contributed by atoms with Gasteiger partial charge in [0.2, 0.25) is 0 Å². The van der Waals surface area contributed by atoms with Gasteiger partial charge in [0.1, 0.15) is 5.82 Å². The highest BCUT2D eigenvalue weighted by molar-refractivity contribution is 5.99. The van der Waals surface area contributed by atoms with Crippen molar-refractivity contribution in [3.8, 4) is 11.1 Å². The fraction of sp³-hybridized carbons (Fsp3) is 0.318. The van der Waals surface area contributed by atoms with Crippen molar-refractivity contribution in [2.75, 3.05) is 12.3 Å². The largest absolute Gasteiger partial charge is 0.383 e. The second-order valence-electron chi connectivity index (χ2n) is 7.31. The quantitative estimate of drug-likeness (QED) is 0.643. The van der Waals surface area contributed by atoms with Crippen molar-refractivity contribution < 1.29 is 9.53 Å². The predicted octanol–water partition coefficient (Wildman–Crippen LogP) is 3.02. The number of anilines is 1. The molecule has 0 saturated heterocycles. The number of nitrogen functional groups attached to an aromatic ring is 1. The number of aromatic nitrogens is 3. The van der Waals surface area contributed by atoms with Crippen molar-refractivity contribution >= 4 is 11.7 Å². The number of hydrogen-bond donors (Lipinski definition) is 2. The number of nitrogens with two attached hydrogens (primary N) is 1. The number of nitrogens with one attached hydrogen (secondary N) is 1. The smallest absolute Gasteiger partial charge is 0.255 e. The van der Waals surface area contributed by atoms with E-state index in [4.69, 9.17) is 10.5 Å². The first-order valence-electron chi connectivity index (χ1n) is 9.54. The predicted molar refractivity (Wildman–Crippen MR) is 113 cm³/mol. The van der Waals surface area contributed by atoms with Gasteiger partial charge in [-0.2, -0.15) is 5.10 Å². The molecule has 0 saturated carbocycles. The van der Waals surface area contributed by atoms with E-state index in [0.29, 0.717) is 18.7 Å². The summed E-state index contributed by atoms with van der Waals surface area (Å²) in [6.07, 6.45) is 5.07. The van der Waals surface area contributed by atoms with Crippen LogP contribution in [-0.4, -0.2) is 33.3 Å². The van der Waals surface area contributed by atoms with Gasteiger partial charge in [0.15, 0.2) is 0 Å². The van der Waals surface area contributed by atoms with Crippen molar-refractivity contribution in [3.63, 3.8) is 0 Å². The summed E-state index contributed by atoms with van der Waals surface area (Å²) in [6.45, 7) is 6.97. The van der Waals surface area contributed by atoms with E-state index >= 15 is 0 Å². The Morgan fingerprint density at radius 1 is 1.21 bits per heavy atom. The molecule has 7 nitrogen and oxygen atoms in total. The monoisotopic (exact) mass is 393 g/mol. The van der Waals surface area contributed by atoms with Gasteiger partial charge in [-0.1, -0.05) is 18.2 Å². The Labute approximate surface area is 170 Å². The maximum absolute atomic E-state index is 12.6. The number of carbonyl (C=O) groups excluding carboxylic acids is 1. The van der Waals surface area contributed by atoms with Crippen molar-refractivity contribution in [1.82, 2.24) is 20.1 Å². The molecule has 3 aromatic rings. The molecular formula is C22H27N5O2. The van der Waals surface area contributed by atoms with Crippen LogP contribution < -0.4 is 11.1 Å². The van der Waals surface area contributed by atoms with Gasteiger partial charge in [0, 0.05) is 37.1 Å². The Bertz CT molecular complexity index is 1010. The van der Waals surface area contributed by atoms with E-state index in [-0.39, 0.29) is 17.8 Å².